The SMILES string of the molecule is CN1CCCN(CC(=O)NC2CCC(N)CC2)CC1. The monoisotopic (exact) mass is 268 g/mol. The van der Waals surface area contributed by atoms with Crippen LogP contribution < -0.4 is 11.1 Å². The van der Waals surface area contributed by atoms with E-state index in [0.29, 0.717) is 18.6 Å². The van der Waals surface area contributed by atoms with E-state index in [-0.39, 0.29) is 5.91 Å². The van der Waals surface area contributed by atoms with Crippen LogP contribution in [0.25, 0.3) is 0 Å². The van der Waals surface area contributed by atoms with Crippen LogP contribution in [0.15, 0.2) is 0 Å². The van der Waals surface area contributed by atoms with Gasteiger partial charge in [0.15, 0.2) is 0 Å². The van der Waals surface area contributed by atoms with Crippen molar-refractivity contribution in [3.05, 3.63) is 0 Å². The number of amides is 1. The van der Waals surface area contributed by atoms with Crippen molar-refractivity contribution in [1.82, 2.24) is 15.1 Å². The van der Waals surface area contributed by atoms with Gasteiger partial charge in [0.05, 0.1) is 6.54 Å². The van der Waals surface area contributed by atoms with Crippen LogP contribution in [0, 0.1) is 0 Å². The number of nitrogens with two attached hydrogens (primary N) is 1. The van der Waals surface area contributed by atoms with E-state index < -0.39 is 0 Å². The molecule has 0 bridgehead atoms. The van der Waals surface area contributed by atoms with Crippen LogP contribution in [0.3, 0.4) is 0 Å². The summed E-state index contributed by atoms with van der Waals surface area (Å²) in [4.78, 5) is 16.7. The molecule has 1 saturated carbocycles. The van der Waals surface area contributed by atoms with Gasteiger partial charge in [-0.05, 0) is 52.2 Å². The number of nitrogens with zero attached hydrogens (tertiary/aromatic N) is 2. The maximum absolute atomic E-state index is 12.1. The van der Waals surface area contributed by atoms with Gasteiger partial charge in [-0.2, -0.15) is 0 Å². The van der Waals surface area contributed by atoms with Crippen LogP contribution >= 0.6 is 0 Å². The summed E-state index contributed by atoms with van der Waals surface area (Å²) in [6.45, 7) is 4.79. The summed E-state index contributed by atoms with van der Waals surface area (Å²) in [5, 5.41) is 3.17. The Bertz CT molecular complexity index is 289. The molecule has 110 valence electrons. The normalized spacial score (nSPS) is 30.8. The van der Waals surface area contributed by atoms with Gasteiger partial charge in [0, 0.05) is 25.2 Å². The molecule has 5 heteroatoms. The van der Waals surface area contributed by atoms with Crippen LogP contribution in [0.5, 0.6) is 0 Å². The Morgan fingerprint density at radius 3 is 2.63 bits per heavy atom. The summed E-state index contributed by atoms with van der Waals surface area (Å²) in [6, 6.07) is 0.691. The average molecular weight is 268 g/mol. The van der Waals surface area contributed by atoms with Gasteiger partial charge in [-0.25, -0.2) is 0 Å². The number of carbonyl (C=O) groups is 1. The molecule has 2 fully saturated rings. The second-order valence-corrected chi connectivity index (χ2v) is 6.11. The molecule has 1 aliphatic heterocycles. The van der Waals surface area contributed by atoms with Crippen molar-refractivity contribution in [3.8, 4) is 0 Å². The minimum absolute atomic E-state index is 0.185. The lowest BCUT2D eigenvalue weighted by molar-refractivity contribution is -0.123. The third-order valence-corrected chi connectivity index (χ3v) is 4.32. The molecular weight excluding hydrogens is 240 g/mol. The van der Waals surface area contributed by atoms with Gasteiger partial charge in [-0.3, -0.25) is 9.69 Å². The lowest BCUT2D eigenvalue weighted by Crippen LogP contribution is -2.45. The highest BCUT2D eigenvalue weighted by atomic mass is 16.2. The first-order chi connectivity index (χ1) is 9.13. The molecule has 1 saturated heterocycles. The summed E-state index contributed by atoms with van der Waals surface area (Å²) < 4.78 is 0. The summed E-state index contributed by atoms with van der Waals surface area (Å²) in [5.74, 6) is 0.185. The molecule has 1 amide bonds. The zero-order valence-electron chi connectivity index (χ0n) is 12.1. The highest BCUT2D eigenvalue weighted by molar-refractivity contribution is 5.78. The van der Waals surface area contributed by atoms with Crippen molar-refractivity contribution >= 4 is 5.91 Å². The van der Waals surface area contributed by atoms with E-state index in [4.69, 9.17) is 5.73 Å². The maximum Gasteiger partial charge on any atom is 0.234 e. The molecule has 19 heavy (non-hydrogen) atoms. The van der Waals surface area contributed by atoms with Crippen molar-refractivity contribution in [1.29, 1.82) is 0 Å². The van der Waals surface area contributed by atoms with E-state index in [1.807, 2.05) is 0 Å². The Labute approximate surface area is 116 Å². The van der Waals surface area contributed by atoms with Crippen LogP contribution in [-0.4, -0.2) is 67.6 Å². The molecule has 0 aromatic carbocycles. The van der Waals surface area contributed by atoms with E-state index in [1.54, 1.807) is 0 Å². The smallest absolute Gasteiger partial charge is 0.234 e. The molecule has 0 aromatic rings. The predicted octanol–water partition coefficient (Wildman–Crippen LogP) is 0.0100. The molecule has 0 aromatic heterocycles. The van der Waals surface area contributed by atoms with E-state index in [2.05, 4.69) is 22.2 Å². The molecule has 1 aliphatic carbocycles. The molecule has 0 spiro atoms. The van der Waals surface area contributed by atoms with E-state index in [0.717, 1.165) is 58.3 Å². The molecule has 5 nitrogen and oxygen atoms in total. The second kappa shape index (κ2) is 7.22. The van der Waals surface area contributed by atoms with E-state index in [1.165, 1.54) is 0 Å². The molecule has 0 radical (unpaired) electrons. The van der Waals surface area contributed by atoms with Gasteiger partial charge in [0.2, 0.25) is 5.91 Å². The lowest BCUT2D eigenvalue weighted by Gasteiger charge is -2.28. The lowest BCUT2D eigenvalue weighted by atomic mass is 9.92. The Morgan fingerprint density at radius 1 is 1.16 bits per heavy atom. The summed E-state index contributed by atoms with van der Waals surface area (Å²) >= 11 is 0. The van der Waals surface area contributed by atoms with Crippen LogP contribution in [0.4, 0.5) is 0 Å². The number of rotatable bonds is 3. The predicted molar refractivity (Wildman–Crippen MR) is 76.9 cm³/mol. The number of carbonyl (C=O) groups excluding carboxylic acids is 1. The van der Waals surface area contributed by atoms with Crippen LogP contribution in [0.1, 0.15) is 32.1 Å². The van der Waals surface area contributed by atoms with E-state index >= 15 is 0 Å². The summed E-state index contributed by atoms with van der Waals surface area (Å²) in [5.41, 5.74) is 5.88. The minimum atomic E-state index is 0.185. The van der Waals surface area contributed by atoms with Crippen molar-refractivity contribution in [2.75, 3.05) is 39.8 Å². The maximum atomic E-state index is 12.1. The number of hydrogen-bond acceptors (Lipinski definition) is 4. The first kappa shape index (κ1) is 14.8. The first-order valence-electron chi connectivity index (χ1n) is 7.59. The highest BCUT2D eigenvalue weighted by Crippen LogP contribution is 2.16. The van der Waals surface area contributed by atoms with Crippen molar-refractivity contribution in [2.24, 2.45) is 5.73 Å². The summed E-state index contributed by atoms with van der Waals surface area (Å²) in [6.07, 6.45) is 5.31. The zero-order chi connectivity index (χ0) is 13.7. The van der Waals surface area contributed by atoms with Gasteiger partial charge in [0.1, 0.15) is 0 Å². The molecular formula is C14H28N4O. The Hall–Kier alpha value is -0.650. The van der Waals surface area contributed by atoms with Gasteiger partial charge in [0.25, 0.3) is 0 Å². The average Bonchev–Trinajstić information content (AvgIpc) is 2.57. The van der Waals surface area contributed by atoms with Crippen molar-refractivity contribution in [2.45, 2.75) is 44.2 Å². The van der Waals surface area contributed by atoms with Gasteiger partial charge in [-0.15, -0.1) is 0 Å². The fourth-order valence-electron chi connectivity index (χ4n) is 3.00. The first-order valence-corrected chi connectivity index (χ1v) is 7.59. The van der Waals surface area contributed by atoms with E-state index in [9.17, 15) is 4.79 Å². The Kier molecular flexibility index (Phi) is 5.60. The Morgan fingerprint density at radius 2 is 1.89 bits per heavy atom. The third kappa shape index (κ3) is 5.09. The third-order valence-electron chi connectivity index (χ3n) is 4.32. The molecule has 1 heterocycles. The molecule has 2 rings (SSSR count). The number of likely N-dealkylation sites (N-methyl/N-ethyl adjacent to an activating group) is 1. The van der Waals surface area contributed by atoms with Crippen LogP contribution in [0.2, 0.25) is 0 Å². The zero-order valence-corrected chi connectivity index (χ0v) is 12.1. The quantitative estimate of drug-likeness (QED) is 0.757. The minimum Gasteiger partial charge on any atom is -0.352 e. The fraction of sp³-hybridized carbons (Fsp3) is 0.929. The number of hydrogen-bond donors (Lipinski definition) is 2. The largest absolute Gasteiger partial charge is 0.352 e. The molecule has 3 N–H and O–H groups in total. The van der Waals surface area contributed by atoms with Crippen LogP contribution in [-0.2, 0) is 4.79 Å². The Balaban J connectivity index is 1.68. The van der Waals surface area contributed by atoms with Gasteiger partial charge >= 0.3 is 0 Å². The molecule has 2 aliphatic rings. The molecule has 0 atom stereocenters. The fourth-order valence-corrected chi connectivity index (χ4v) is 3.00. The van der Waals surface area contributed by atoms with Gasteiger partial charge < -0.3 is 16.0 Å². The van der Waals surface area contributed by atoms with Gasteiger partial charge in [-0.1, -0.05) is 0 Å². The van der Waals surface area contributed by atoms with Crippen molar-refractivity contribution in [3.63, 3.8) is 0 Å². The topological polar surface area (TPSA) is 61.6 Å². The number of nitrogens with one attached hydrogen (secondary N) is 1. The standard InChI is InChI=1S/C14H28N4O/c1-17-7-2-8-18(10-9-17)11-14(19)16-13-5-3-12(15)4-6-13/h12-13H,2-11,15H2,1H3,(H,16,19). The highest BCUT2D eigenvalue weighted by Gasteiger charge is 2.21. The molecule has 0 unspecified atom stereocenters. The second-order valence-electron chi connectivity index (χ2n) is 6.11. The van der Waals surface area contributed by atoms with Crippen molar-refractivity contribution < 1.29 is 4.79 Å². The summed E-state index contributed by atoms with van der Waals surface area (Å²) in [7, 11) is 2.15.